The lowest BCUT2D eigenvalue weighted by Crippen LogP contribution is -2.27. The molecule has 7 heteroatoms. The van der Waals surface area contributed by atoms with Gasteiger partial charge in [-0.05, 0) is 55.3 Å². The summed E-state index contributed by atoms with van der Waals surface area (Å²) in [6.07, 6.45) is 3.65. The molecule has 2 amide bonds. The third kappa shape index (κ3) is 5.35. The first kappa shape index (κ1) is 19.4. The first-order valence-corrected chi connectivity index (χ1v) is 9.69. The molecule has 1 aliphatic carbocycles. The maximum atomic E-state index is 12.3. The van der Waals surface area contributed by atoms with E-state index < -0.39 is 0 Å². The minimum atomic E-state index is -0.351. The molecule has 152 valence electrons. The predicted octanol–water partition coefficient (Wildman–Crippen LogP) is 3.78. The SMILES string of the molecule is O=C(COc1ccc(Oc2ccccn2)cc1)Nc1ccccc1C(=O)NC1CC1. The van der Waals surface area contributed by atoms with Crippen molar-refractivity contribution in [2.45, 2.75) is 18.9 Å². The molecule has 1 aromatic heterocycles. The minimum Gasteiger partial charge on any atom is -0.484 e. The Morgan fingerprint density at radius 3 is 2.40 bits per heavy atom. The van der Waals surface area contributed by atoms with E-state index in [4.69, 9.17) is 9.47 Å². The number of hydrogen-bond acceptors (Lipinski definition) is 5. The number of carbonyl (C=O) groups excluding carboxylic acids is 2. The van der Waals surface area contributed by atoms with Crippen molar-refractivity contribution in [3.63, 3.8) is 0 Å². The van der Waals surface area contributed by atoms with E-state index in [2.05, 4.69) is 15.6 Å². The molecule has 0 saturated heterocycles. The fourth-order valence-corrected chi connectivity index (χ4v) is 2.75. The number of ether oxygens (including phenoxy) is 2. The normalized spacial score (nSPS) is 12.7. The van der Waals surface area contributed by atoms with Crippen LogP contribution < -0.4 is 20.1 Å². The summed E-state index contributed by atoms with van der Waals surface area (Å²) in [5, 5.41) is 5.67. The molecule has 7 nitrogen and oxygen atoms in total. The Morgan fingerprint density at radius 2 is 1.67 bits per heavy atom. The van der Waals surface area contributed by atoms with Gasteiger partial charge in [-0.3, -0.25) is 9.59 Å². The molecule has 1 saturated carbocycles. The molecule has 0 aliphatic heterocycles. The summed E-state index contributed by atoms with van der Waals surface area (Å²) in [5.74, 6) is 1.10. The van der Waals surface area contributed by atoms with Crippen LogP contribution in [0.3, 0.4) is 0 Å². The quantitative estimate of drug-likeness (QED) is 0.597. The van der Waals surface area contributed by atoms with Crippen LogP contribution >= 0.6 is 0 Å². The maximum Gasteiger partial charge on any atom is 0.262 e. The predicted molar refractivity (Wildman–Crippen MR) is 112 cm³/mol. The second-order valence-electron chi connectivity index (χ2n) is 6.87. The Hall–Kier alpha value is -3.87. The van der Waals surface area contributed by atoms with Crippen molar-refractivity contribution in [3.8, 4) is 17.4 Å². The number of para-hydroxylation sites is 1. The molecule has 0 bridgehead atoms. The number of rotatable bonds is 8. The summed E-state index contributed by atoms with van der Waals surface area (Å²) in [5.41, 5.74) is 0.900. The standard InChI is InChI=1S/C23H21N3O4/c27-21(26-20-6-2-1-5-19(20)23(28)25-16-8-9-16)15-29-17-10-12-18(13-11-17)30-22-7-3-4-14-24-22/h1-7,10-14,16H,8-9,15H2,(H,25,28)(H,26,27). The van der Waals surface area contributed by atoms with Crippen LogP contribution in [0.25, 0.3) is 0 Å². The number of amides is 2. The smallest absolute Gasteiger partial charge is 0.262 e. The van der Waals surface area contributed by atoms with Gasteiger partial charge in [-0.2, -0.15) is 0 Å². The molecular formula is C23H21N3O4. The molecule has 1 heterocycles. The average molecular weight is 403 g/mol. The van der Waals surface area contributed by atoms with Gasteiger partial charge >= 0.3 is 0 Å². The summed E-state index contributed by atoms with van der Waals surface area (Å²) in [7, 11) is 0. The number of nitrogens with one attached hydrogen (secondary N) is 2. The Kier molecular flexibility index (Phi) is 5.89. The summed E-state index contributed by atoms with van der Waals surface area (Å²) in [6, 6.07) is 19.5. The number of hydrogen-bond donors (Lipinski definition) is 2. The van der Waals surface area contributed by atoms with Gasteiger partial charge in [0.25, 0.3) is 11.8 Å². The van der Waals surface area contributed by atoms with Gasteiger partial charge in [-0.25, -0.2) is 4.98 Å². The zero-order valence-corrected chi connectivity index (χ0v) is 16.2. The fourth-order valence-electron chi connectivity index (χ4n) is 2.75. The van der Waals surface area contributed by atoms with Crippen LogP contribution in [0.2, 0.25) is 0 Å². The van der Waals surface area contributed by atoms with E-state index in [0.29, 0.717) is 28.6 Å². The Balaban J connectivity index is 1.30. The lowest BCUT2D eigenvalue weighted by molar-refractivity contribution is -0.118. The Morgan fingerprint density at radius 1 is 0.933 bits per heavy atom. The summed E-state index contributed by atoms with van der Waals surface area (Å²) in [6.45, 7) is -0.182. The van der Waals surface area contributed by atoms with E-state index in [1.165, 1.54) is 0 Å². The van der Waals surface area contributed by atoms with Crippen LogP contribution in [0.1, 0.15) is 23.2 Å². The van der Waals surface area contributed by atoms with Crippen molar-refractivity contribution in [2.24, 2.45) is 0 Å². The number of carbonyl (C=O) groups is 2. The zero-order chi connectivity index (χ0) is 20.8. The monoisotopic (exact) mass is 403 g/mol. The van der Waals surface area contributed by atoms with Crippen molar-refractivity contribution in [1.82, 2.24) is 10.3 Å². The van der Waals surface area contributed by atoms with Gasteiger partial charge in [0, 0.05) is 18.3 Å². The highest BCUT2D eigenvalue weighted by Crippen LogP contribution is 2.23. The average Bonchev–Trinajstić information content (AvgIpc) is 3.58. The van der Waals surface area contributed by atoms with Crippen molar-refractivity contribution < 1.29 is 19.1 Å². The Bertz CT molecular complexity index is 1020. The molecule has 2 aromatic carbocycles. The maximum absolute atomic E-state index is 12.3. The lowest BCUT2D eigenvalue weighted by Gasteiger charge is -2.12. The van der Waals surface area contributed by atoms with Crippen LogP contribution in [0.5, 0.6) is 17.4 Å². The van der Waals surface area contributed by atoms with Gasteiger partial charge in [0.1, 0.15) is 11.5 Å². The fraction of sp³-hybridized carbons (Fsp3) is 0.174. The zero-order valence-electron chi connectivity index (χ0n) is 16.2. The third-order valence-electron chi connectivity index (χ3n) is 4.41. The number of pyridine rings is 1. The molecule has 0 unspecified atom stereocenters. The van der Waals surface area contributed by atoms with Crippen LogP contribution in [0.4, 0.5) is 5.69 Å². The van der Waals surface area contributed by atoms with E-state index in [1.54, 1.807) is 60.8 Å². The van der Waals surface area contributed by atoms with Gasteiger partial charge in [-0.15, -0.1) is 0 Å². The van der Waals surface area contributed by atoms with Crippen LogP contribution in [-0.2, 0) is 4.79 Å². The second kappa shape index (κ2) is 9.09. The molecular weight excluding hydrogens is 382 g/mol. The molecule has 0 spiro atoms. The molecule has 3 aromatic rings. The van der Waals surface area contributed by atoms with Gasteiger partial charge in [0.15, 0.2) is 6.61 Å². The van der Waals surface area contributed by atoms with Gasteiger partial charge in [0.05, 0.1) is 11.3 Å². The summed E-state index contributed by atoms with van der Waals surface area (Å²) in [4.78, 5) is 28.7. The van der Waals surface area contributed by atoms with E-state index in [1.807, 2.05) is 12.1 Å². The van der Waals surface area contributed by atoms with E-state index >= 15 is 0 Å². The molecule has 0 radical (unpaired) electrons. The van der Waals surface area contributed by atoms with E-state index in [9.17, 15) is 9.59 Å². The van der Waals surface area contributed by atoms with Crippen LogP contribution in [0.15, 0.2) is 72.9 Å². The van der Waals surface area contributed by atoms with Gasteiger partial charge in [0.2, 0.25) is 5.88 Å². The molecule has 1 fully saturated rings. The Labute approximate surface area is 174 Å². The number of benzene rings is 2. The minimum absolute atomic E-state index is 0.182. The van der Waals surface area contributed by atoms with Gasteiger partial charge in [-0.1, -0.05) is 18.2 Å². The second-order valence-corrected chi connectivity index (χ2v) is 6.87. The molecule has 30 heavy (non-hydrogen) atoms. The first-order chi connectivity index (χ1) is 14.7. The molecule has 1 aliphatic rings. The highest BCUT2D eigenvalue weighted by molar-refractivity contribution is 6.04. The summed E-state index contributed by atoms with van der Waals surface area (Å²) >= 11 is 0. The number of nitrogens with zero attached hydrogens (tertiary/aromatic N) is 1. The van der Waals surface area contributed by atoms with Crippen molar-refractivity contribution >= 4 is 17.5 Å². The number of aromatic nitrogens is 1. The van der Waals surface area contributed by atoms with Crippen molar-refractivity contribution in [2.75, 3.05) is 11.9 Å². The highest BCUT2D eigenvalue weighted by Gasteiger charge is 2.25. The topological polar surface area (TPSA) is 89.6 Å². The number of anilines is 1. The van der Waals surface area contributed by atoms with E-state index in [0.717, 1.165) is 12.8 Å². The van der Waals surface area contributed by atoms with Crippen molar-refractivity contribution in [3.05, 3.63) is 78.5 Å². The molecule has 4 rings (SSSR count). The van der Waals surface area contributed by atoms with Crippen LogP contribution in [-0.4, -0.2) is 29.4 Å². The molecule has 2 N–H and O–H groups in total. The summed E-state index contributed by atoms with van der Waals surface area (Å²) < 4.78 is 11.2. The molecule has 0 atom stereocenters. The van der Waals surface area contributed by atoms with Gasteiger partial charge < -0.3 is 20.1 Å². The first-order valence-electron chi connectivity index (χ1n) is 9.69. The highest BCUT2D eigenvalue weighted by atomic mass is 16.5. The largest absolute Gasteiger partial charge is 0.484 e. The lowest BCUT2D eigenvalue weighted by atomic mass is 10.1. The van der Waals surface area contributed by atoms with E-state index in [-0.39, 0.29) is 24.5 Å². The van der Waals surface area contributed by atoms with Crippen LogP contribution in [0, 0.1) is 0 Å². The van der Waals surface area contributed by atoms with Crippen molar-refractivity contribution in [1.29, 1.82) is 0 Å². The third-order valence-corrected chi connectivity index (χ3v) is 4.41.